The van der Waals surface area contributed by atoms with Crippen LogP contribution in [0, 0.1) is 5.92 Å². The Balaban J connectivity index is 3.20. The van der Waals surface area contributed by atoms with Crippen molar-refractivity contribution in [1.29, 1.82) is 0 Å². The van der Waals surface area contributed by atoms with Gasteiger partial charge in [-0.1, -0.05) is 0 Å². The van der Waals surface area contributed by atoms with Crippen molar-refractivity contribution in [2.75, 3.05) is 6.61 Å². The highest BCUT2D eigenvalue weighted by Crippen LogP contribution is 2.51. The van der Waals surface area contributed by atoms with Crippen molar-refractivity contribution in [3.8, 4) is 0 Å². The van der Waals surface area contributed by atoms with Crippen molar-refractivity contribution in [3.63, 3.8) is 0 Å². The molecule has 1 rings (SSSR count). The summed E-state index contributed by atoms with van der Waals surface area (Å²) in [5.41, 5.74) is -3.55. The van der Waals surface area contributed by atoms with E-state index >= 15 is 0 Å². The topological polar surface area (TPSA) is 113 Å². The van der Waals surface area contributed by atoms with Crippen LogP contribution in [0.5, 0.6) is 0 Å². The number of nitrogens with zero attached hydrogens (tertiary/aromatic N) is 1. The van der Waals surface area contributed by atoms with Crippen molar-refractivity contribution < 1.29 is 34.1 Å². The molecule has 2 atom stereocenters. The molecule has 0 aliphatic heterocycles. The molecule has 0 heterocycles. The molecule has 138 valence electrons. The van der Waals surface area contributed by atoms with Crippen LogP contribution in [-0.4, -0.2) is 56.6 Å². The number of carbonyl (C=O) groups is 3. The quantitative estimate of drug-likeness (QED) is 0.804. The van der Waals surface area contributed by atoms with Gasteiger partial charge in [-0.15, -0.1) is 0 Å². The smallest absolute Gasteiger partial charge is 0.420 e. The Morgan fingerprint density at radius 1 is 1.04 bits per heavy atom. The third-order valence-corrected chi connectivity index (χ3v) is 3.47. The Bertz CT molecular complexity index is 489. The summed E-state index contributed by atoms with van der Waals surface area (Å²) < 4.78 is 10.4. The Morgan fingerprint density at radius 2 is 1.46 bits per heavy atom. The third-order valence-electron chi connectivity index (χ3n) is 3.47. The molecular weight excluding hydrogens is 318 g/mol. The number of carboxylic acid groups (broad SMARTS) is 1. The zero-order valence-electron chi connectivity index (χ0n) is 15.1. The van der Waals surface area contributed by atoms with E-state index in [9.17, 15) is 19.5 Å². The van der Waals surface area contributed by atoms with Crippen LogP contribution in [0.3, 0.4) is 0 Å². The first kappa shape index (κ1) is 20.2. The first-order chi connectivity index (χ1) is 10.7. The van der Waals surface area contributed by atoms with Crippen molar-refractivity contribution in [2.45, 2.75) is 71.1 Å². The highest BCUT2D eigenvalue weighted by molar-refractivity contribution is 5.98. The molecule has 8 heteroatoms. The number of amides is 2. The molecule has 0 bridgehead atoms. The molecule has 24 heavy (non-hydrogen) atoms. The second-order valence-electron chi connectivity index (χ2n) is 7.94. The zero-order chi connectivity index (χ0) is 18.9. The summed E-state index contributed by atoms with van der Waals surface area (Å²) in [6, 6.07) is 0. The summed E-state index contributed by atoms with van der Waals surface area (Å²) in [5.74, 6) is -1.86. The second kappa shape index (κ2) is 6.58. The molecular formula is C16H27NO7. The molecule has 2 unspecified atom stereocenters. The predicted octanol–water partition coefficient (Wildman–Crippen LogP) is 2.38. The van der Waals surface area contributed by atoms with Crippen molar-refractivity contribution >= 4 is 18.2 Å². The van der Waals surface area contributed by atoms with Gasteiger partial charge in [0.15, 0.2) is 5.54 Å². The molecule has 0 aromatic rings. The number of hydrogen-bond acceptors (Lipinski definition) is 6. The molecule has 1 saturated carbocycles. The average Bonchev–Trinajstić information content (AvgIpc) is 2.99. The molecule has 0 saturated heterocycles. The number of ether oxygens (including phenoxy) is 2. The molecule has 0 radical (unpaired) electrons. The molecule has 1 aliphatic rings. The van der Waals surface area contributed by atoms with E-state index in [0.29, 0.717) is 4.90 Å². The minimum atomic E-state index is -1.74. The fourth-order valence-corrected chi connectivity index (χ4v) is 2.46. The van der Waals surface area contributed by atoms with E-state index in [1.807, 2.05) is 0 Å². The van der Waals surface area contributed by atoms with Crippen LogP contribution in [0.4, 0.5) is 9.59 Å². The fraction of sp³-hybridized carbons (Fsp3) is 0.812. The summed E-state index contributed by atoms with van der Waals surface area (Å²) in [6.07, 6.45) is -1.92. The van der Waals surface area contributed by atoms with Gasteiger partial charge in [-0.3, -0.25) is 0 Å². The largest absolute Gasteiger partial charge is 0.479 e. The number of aliphatic hydroxyl groups is 1. The van der Waals surface area contributed by atoms with Gasteiger partial charge in [0.2, 0.25) is 0 Å². The van der Waals surface area contributed by atoms with Gasteiger partial charge in [-0.05, 0) is 60.3 Å². The lowest BCUT2D eigenvalue weighted by molar-refractivity contribution is -0.145. The maximum atomic E-state index is 12.5. The number of rotatable bonds is 4. The Labute approximate surface area is 141 Å². The number of carbonyl (C=O) groups excluding carboxylic acids is 2. The molecule has 0 aromatic carbocycles. The SMILES string of the molecule is CC(C)(C)OC(=O)N(C(=O)OC(C)(C)C)C1(C(=O)O)CC1CCO. The van der Waals surface area contributed by atoms with Gasteiger partial charge in [-0.2, -0.15) is 4.90 Å². The summed E-state index contributed by atoms with van der Waals surface area (Å²) >= 11 is 0. The zero-order valence-corrected chi connectivity index (χ0v) is 15.1. The van der Waals surface area contributed by atoms with Gasteiger partial charge >= 0.3 is 18.2 Å². The first-order valence-electron chi connectivity index (χ1n) is 7.85. The van der Waals surface area contributed by atoms with Crippen LogP contribution in [-0.2, 0) is 14.3 Å². The molecule has 2 N–H and O–H groups in total. The van der Waals surface area contributed by atoms with E-state index in [4.69, 9.17) is 14.6 Å². The van der Waals surface area contributed by atoms with E-state index in [-0.39, 0.29) is 19.4 Å². The second-order valence-corrected chi connectivity index (χ2v) is 7.94. The van der Waals surface area contributed by atoms with Gasteiger partial charge in [0.05, 0.1) is 0 Å². The number of aliphatic carboxylic acids is 1. The monoisotopic (exact) mass is 345 g/mol. The molecule has 8 nitrogen and oxygen atoms in total. The highest BCUT2D eigenvalue weighted by atomic mass is 16.6. The van der Waals surface area contributed by atoms with Crippen LogP contribution in [0.25, 0.3) is 0 Å². The maximum absolute atomic E-state index is 12.5. The van der Waals surface area contributed by atoms with Crippen LogP contribution < -0.4 is 0 Å². The average molecular weight is 345 g/mol. The predicted molar refractivity (Wildman–Crippen MR) is 84.5 cm³/mol. The minimum absolute atomic E-state index is 0.0569. The van der Waals surface area contributed by atoms with E-state index < -0.39 is 40.8 Å². The summed E-state index contributed by atoms with van der Waals surface area (Å²) in [4.78, 5) is 37.4. The summed E-state index contributed by atoms with van der Waals surface area (Å²) in [5, 5.41) is 18.7. The lowest BCUT2D eigenvalue weighted by Gasteiger charge is -2.32. The first-order valence-corrected chi connectivity index (χ1v) is 7.85. The molecule has 2 amide bonds. The van der Waals surface area contributed by atoms with Gasteiger partial charge < -0.3 is 19.7 Å². The number of hydrogen-bond donors (Lipinski definition) is 2. The van der Waals surface area contributed by atoms with Gasteiger partial charge in [0.25, 0.3) is 0 Å². The number of aliphatic hydroxyl groups excluding tert-OH is 1. The lowest BCUT2D eigenvalue weighted by Crippen LogP contribution is -2.54. The van der Waals surface area contributed by atoms with Crippen molar-refractivity contribution in [3.05, 3.63) is 0 Å². The van der Waals surface area contributed by atoms with Crippen LogP contribution >= 0.6 is 0 Å². The molecule has 0 spiro atoms. The van der Waals surface area contributed by atoms with Crippen molar-refractivity contribution in [1.82, 2.24) is 4.90 Å². The van der Waals surface area contributed by atoms with E-state index in [1.54, 1.807) is 41.5 Å². The Morgan fingerprint density at radius 3 is 1.75 bits per heavy atom. The minimum Gasteiger partial charge on any atom is -0.479 e. The van der Waals surface area contributed by atoms with Crippen LogP contribution in [0.1, 0.15) is 54.4 Å². The number of imide groups is 1. The Hall–Kier alpha value is -1.83. The van der Waals surface area contributed by atoms with Gasteiger partial charge in [0.1, 0.15) is 11.2 Å². The van der Waals surface area contributed by atoms with Gasteiger partial charge in [0, 0.05) is 6.61 Å². The summed E-state index contributed by atoms with van der Waals surface area (Å²) in [6.45, 7) is 9.45. The van der Waals surface area contributed by atoms with Gasteiger partial charge in [-0.25, -0.2) is 14.4 Å². The van der Waals surface area contributed by atoms with E-state index in [2.05, 4.69) is 0 Å². The molecule has 1 aliphatic carbocycles. The third kappa shape index (κ3) is 4.59. The fourth-order valence-electron chi connectivity index (χ4n) is 2.46. The number of carboxylic acids is 1. The summed E-state index contributed by atoms with van der Waals surface area (Å²) in [7, 11) is 0. The maximum Gasteiger partial charge on any atom is 0.420 e. The van der Waals surface area contributed by atoms with E-state index in [0.717, 1.165) is 0 Å². The van der Waals surface area contributed by atoms with Crippen molar-refractivity contribution in [2.24, 2.45) is 5.92 Å². The molecule has 1 fully saturated rings. The van der Waals surface area contributed by atoms with Crippen LogP contribution in [0.15, 0.2) is 0 Å². The van der Waals surface area contributed by atoms with E-state index in [1.165, 1.54) is 0 Å². The highest BCUT2D eigenvalue weighted by Gasteiger charge is 2.68. The Kier molecular flexibility index (Phi) is 5.54. The standard InChI is InChI=1S/C16H27NO7/c1-14(2,3)23-12(21)17(13(22)24-15(4,5)6)16(11(19)20)9-10(16)7-8-18/h10,18H,7-9H2,1-6H3,(H,19,20). The molecule has 0 aromatic heterocycles. The van der Waals surface area contributed by atoms with Crippen LogP contribution in [0.2, 0.25) is 0 Å². The lowest BCUT2D eigenvalue weighted by atomic mass is 10.1. The normalized spacial score (nSPS) is 23.4.